The van der Waals surface area contributed by atoms with Gasteiger partial charge in [-0.3, -0.25) is 9.69 Å². The summed E-state index contributed by atoms with van der Waals surface area (Å²) in [6.45, 7) is 6.92. The molecule has 2 rings (SSSR count). The van der Waals surface area contributed by atoms with Crippen LogP contribution in [0.1, 0.15) is 19.8 Å². The third-order valence-corrected chi connectivity index (χ3v) is 3.20. The van der Waals surface area contributed by atoms with Crippen molar-refractivity contribution < 1.29 is 9.53 Å². The van der Waals surface area contributed by atoms with Gasteiger partial charge in [-0.25, -0.2) is 0 Å². The summed E-state index contributed by atoms with van der Waals surface area (Å²) in [6.07, 6.45) is 3.50. The number of hydrogen-bond acceptors (Lipinski definition) is 4. The number of hydrogen-bond donors (Lipinski definition) is 1. The van der Waals surface area contributed by atoms with Gasteiger partial charge in [-0.05, 0) is 13.0 Å². The molecule has 16 heavy (non-hydrogen) atoms. The number of rotatable bonds is 4. The third-order valence-electron chi connectivity index (χ3n) is 3.20. The highest BCUT2D eigenvalue weighted by molar-refractivity contribution is 5.92. The fraction of sp³-hybridized carbons (Fsp3) is 0.750. The lowest BCUT2D eigenvalue weighted by molar-refractivity contribution is -0.114. The maximum atomic E-state index is 11.0. The van der Waals surface area contributed by atoms with E-state index in [-0.39, 0.29) is 11.9 Å². The molecular weight excluding hydrogens is 204 g/mol. The summed E-state index contributed by atoms with van der Waals surface area (Å²) in [5, 5.41) is 3.31. The van der Waals surface area contributed by atoms with Gasteiger partial charge < -0.3 is 10.1 Å². The van der Waals surface area contributed by atoms with Crippen molar-refractivity contribution in [2.24, 2.45) is 0 Å². The zero-order valence-electron chi connectivity index (χ0n) is 9.87. The predicted molar refractivity (Wildman–Crippen MR) is 62.2 cm³/mol. The van der Waals surface area contributed by atoms with Gasteiger partial charge >= 0.3 is 0 Å². The van der Waals surface area contributed by atoms with Crippen LogP contribution >= 0.6 is 0 Å². The van der Waals surface area contributed by atoms with Crippen LogP contribution in [0.3, 0.4) is 0 Å². The Kier molecular flexibility index (Phi) is 3.96. The fourth-order valence-electron chi connectivity index (χ4n) is 2.17. The minimum absolute atomic E-state index is 0.238. The smallest absolute Gasteiger partial charge is 0.157 e. The molecular formula is C12H20N2O2. The molecule has 0 amide bonds. The van der Waals surface area contributed by atoms with Crippen molar-refractivity contribution in [2.45, 2.75) is 25.9 Å². The van der Waals surface area contributed by atoms with Gasteiger partial charge in [0, 0.05) is 37.8 Å². The highest BCUT2D eigenvalue weighted by Crippen LogP contribution is 2.12. The normalized spacial score (nSPS) is 26.9. The molecule has 90 valence electrons. The summed E-state index contributed by atoms with van der Waals surface area (Å²) < 4.78 is 5.68. The minimum atomic E-state index is 0.238. The van der Waals surface area contributed by atoms with Crippen LogP contribution in [0.4, 0.5) is 0 Å². The summed E-state index contributed by atoms with van der Waals surface area (Å²) in [5.74, 6) is 0.238. The quantitative estimate of drug-likeness (QED) is 0.757. The number of likely N-dealkylation sites (N-methyl/N-ethyl adjacent to an activating group) is 1. The number of allylic oxidation sites excluding steroid dienone is 2. The standard InChI is InChI=1S/C12H20N2O2/c1-2-14-5-6-16-12(9-14)8-13-10-3-4-11(15)7-10/h7,12-13H,2-6,8-9H2,1H3. The van der Waals surface area contributed by atoms with Crippen molar-refractivity contribution in [3.63, 3.8) is 0 Å². The lowest BCUT2D eigenvalue weighted by atomic mass is 10.2. The van der Waals surface area contributed by atoms with Crippen molar-refractivity contribution in [3.05, 3.63) is 11.8 Å². The molecule has 0 saturated carbocycles. The average molecular weight is 224 g/mol. The number of nitrogens with one attached hydrogen (secondary N) is 1. The maximum absolute atomic E-state index is 11.0. The summed E-state index contributed by atoms with van der Waals surface area (Å²) in [4.78, 5) is 13.4. The number of carbonyl (C=O) groups excluding carboxylic acids is 1. The first kappa shape index (κ1) is 11.6. The lowest BCUT2D eigenvalue weighted by Gasteiger charge is -2.32. The predicted octanol–water partition coefficient (Wildman–Crippen LogP) is 0.543. The molecule has 2 aliphatic rings. The Labute approximate surface area is 96.6 Å². The van der Waals surface area contributed by atoms with Crippen molar-refractivity contribution in [3.8, 4) is 0 Å². The Balaban J connectivity index is 1.73. The maximum Gasteiger partial charge on any atom is 0.157 e. The van der Waals surface area contributed by atoms with Crippen LogP contribution in [0.2, 0.25) is 0 Å². The molecule has 0 aromatic heterocycles. The molecule has 4 nitrogen and oxygen atoms in total. The van der Waals surface area contributed by atoms with E-state index in [1.165, 1.54) is 0 Å². The van der Waals surface area contributed by atoms with E-state index >= 15 is 0 Å². The Morgan fingerprint density at radius 3 is 3.12 bits per heavy atom. The van der Waals surface area contributed by atoms with E-state index in [4.69, 9.17) is 4.74 Å². The van der Waals surface area contributed by atoms with Crippen molar-refractivity contribution in [2.75, 3.05) is 32.8 Å². The molecule has 0 aromatic rings. The Morgan fingerprint density at radius 1 is 1.56 bits per heavy atom. The van der Waals surface area contributed by atoms with E-state index in [1.807, 2.05) is 0 Å². The Bertz CT molecular complexity index is 289. The molecule has 1 aliphatic carbocycles. The molecule has 1 unspecified atom stereocenters. The van der Waals surface area contributed by atoms with E-state index in [1.54, 1.807) is 6.08 Å². The number of nitrogens with zero attached hydrogens (tertiary/aromatic N) is 1. The Morgan fingerprint density at radius 2 is 2.44 bits per heavy atom. The number of ketones is 1. The number of carbonyl (C=O) groups is 1. The minimum Gasteiger partial charge on any atom is -0.386 e. The largest absolute Gasteiger partial charge is 0.386 e. The van der Waals surface area contributed by atoms with E-state index in [2.05, 4.69) is 17.1 Å². The van der Waals surface area contributed by atoms with Crippen LogP contribution in [-0.4, -0.2) is 49.6 Å². The molecule has 4 heteroatoms. The van der Waals surface area contributed by atoms with Gasteiger partial charge in [0.05, 0.1) is 12.7 Å². The molecule has 1 fully saturated rings. The Hall–Kier alpha value is -0.870. The average Bonchev–Trinajstić information content (AvgIpc) is 2.73. The first-order valence-electron chi connectivity index (χ1n) is 6.09. The molecule has 1 N–H and O–H groups in total. The van der Waals surface area contributed by atoms with E-state index in [0.29, 0.717) is 6.42 Å². The summed E-state index contributed by atoms with van der Waals surface area (Å²) in [6, 6.07) is 0. The molecule has 1 atom stereocenters. The molecule has 0 spiro atoms. The van der Waals surface area contributed by atoms with Crippen LogP contribution in [0.25, 0.3) is 0 Å². The van der Waals surface area contributed by atoms with Gasteiger partial charge in [0.1, 0.15) is 0 Å². The summed E-state index contributed by atoms with van der Waals surface area (Å²) >= 11 is 0. The van der Waals surface area contributed by atoms with Gasteiger partial charge in [0.15, 0.2) is 5.78 Å². The van der Waals surface area contributed by atoms with Crippen molar-refractivity contribution in [1.82, 2.24) is 10.2 Å². The molecule has 1 heterocycles. The zero-order valence-corrected chi connectivity index (χ0v) is 9.87. The van der Waals surface area contributed by atoms with Gasteiger partial charge in [-0.1, -0.05) is 6.92 Å². The van der Waals surface area contributed by atoms with Crippen LogP contribution in [-0.2, 0) is 9.53 Å². The second-order valence-electron chi connectivity index (χ2n) is 4.40. The first-order chi connectivity index (χ1) is 7.78. The number of ether oxygens (including phenoxy) is 1. The van der Waals surface area contributed by atoms with E-state index in [9.17, 15) is 4.79 Å². The van der Waals surface area contributed by atoms with Crippen LogP contribution < -0.4 is 5.32 Å². The van der Waals surface area contributed by atoms with Crippen LogP contribution in [0.15, 0.2) is 11.8 Å². The summed E-state index contributed by atoms with van der Waals surface area (Å²) in [5.41, 5.74) is 1.07. The second kappa shape index (κ2) is 5.46. The van der Waals surface area contributed by atoms with Crippen molar-refractivity contribution >= 4 is 5.78 Å². The molecule has 0 bridgehead atoms. The van der Waals surface area contributed by atoms with Gasteiger partial charge in [-0.2, -0.15) is 0 Å². The van der Waals surface area contributed by atoms with Crippen LogP contribution in [0.5, 0.6) is 0 Å². The lowest BCUT2D eigenvalue weighted by Crippen LogP contribution is -2.46. The van der Waals surface area contributed by atoms with Gasteiger partial charge in [0.25, 0.3) is 0 Å². The highest BCUT2D eigenvalue weighted by Gasteiger charge is 2.20. The molecule has 1 saturated heterocycles. The van der Waals surface area contributed by atoms with E-state index < -0.39 is 0 Å². The van der Waals surface area contributed by atoms with Gasteiger partial charge in [-0.15, -0.1) is 0 Å². The molecule has 1 aliphatic heterocycles. The fourth-order valence-corrected chi connectivity index (χ4v) is 2.17. The third kappa shape index (κ3) is 3.06. The SMILES string of the molecule is CCN1CCOC(CNC2=CC(=O)CC2)C1. The number of morpholine rings is 1. The monoisotopic (exact) mass is 224 g/mol. The molecule has 0 aromatic carbocycles. The first-order valence-corrected chi connectivity index (χ1v) is 6.09. The zero-order chi connectivity index (χ0) is 11.4. The second-order valence-corrected chi connectivity index (χ2v) is 4.40. The van der Waals surface area contributed by atoms with Crippen LogP contribution in [0, 0.1) is 0 Å². The summed E-state index contributed by atoms with van der Waals surface area (Å²) in [7, 11) is 0. The van der Waals surface area contributed by atoms with E-state index in [0.717, 1.165) is 44.9 Å². The van der Waals surface area contributed by atoms with Gasteiger partial charge in [0.2, 0.25) is 0 Å². The topological polar surface area (TPSA) is 41.6 Å². The molecule has 0 radical (unpaired) electrons. The highest BCUT2D eigenvalue weighted by atomic mass is 16.5. The van der Waals surface area contributed by atoms with Crippen molar-refractivity contribution in [1.29, 1.82) is 0 Å².